The lowest BCUT2D eigenvalue weighted by Gasteiger charge is -2.00. The van der Waals surface area contributed by atoms with E-state index in [1.165, 1.54) is 18.9 Å². The third-order valence-electron chi connectivity index (χ3n) is 2.99. The fraction of sp³-hybridized carbons (Fsp3) is 0.308. The maximum atomic E-state index is 13.1. The summed E-state index contributed by atoms with van der Waals surface area (Å²) in [7, 11) is 0. The highest BCUT2D eigenvalue weighted by Gasteiger charge is 2.20. The molecule has 1 saturated carbocycles. The Hall–Kier alpha value is -1.39. The van der Waals surface area contributed by atoms with Crippen molar-refractivity contribution in [3.8, 4) is 11.3 Å². The number of imidazole rings is 1. The number of hydrogen-bond donors (Lipinski definition) is 2. The number of aromatic amines is 1. The molecule has 1 aliphatic rings. The molecule has 3 rings (SSSR count). The van der Waals surface area contributed by atoms with Crippen LogP contribution in [0.25, 0.3) is 11.3 Å². The Kier molecular flexibility index (Phi) is 3.06. The van der Waals surface area contributed by atoms with Crippen molar-refractivity contribution >= 4 is 11.6 Å². The van der Waals surface area contributed by atoms with Gasteiger partial charge in [-0.3, -0.25) is 0 Å². The SMILES string of the molecule is Fc1ccc(-c2cnc(CNC3CC3)[nH]2)cc1Cl. The van der Waals surface area contributed by atoms with E-state index in [2.05, 4.69) is 15.3 Å². The number of aromatic nitrogens is 2. The molecule has 0 saturated heterocycles. The summed E-state index contributed by atoms with van der Waals surface area (Å²) in [5.41, 5.74) is 1.69. The van der Waals surface area contributed by atoms with Crippen LogP contribution in [-0.4, -0.2) is 16.0 Å². The van der Waals surface area contributed by atoms with Crippen molar-refractivity contribution in [3.63, 3.8) is 0 Å². The van der Waals surface area contributed by atoms with Crippen LogP contribution in [0, 0.1) is 5.82 Å². The van der Waals surface area contributed by atoms with Crippen molar-refractivity contribution in [2.75, 3.05) is 0 Å². The lowest BCUT2D eigenvalue weighted by Crippen LogP contribution is -2.16. The third-order valence-corrected chi connectivity index (χ3v) is 3.28. The molecule has 0 atom stereocenters. The van der Waals surface area contributed by atoms with Gasteiger partial charge in [-0.2, -0.15) is 0 Å². The molecule has 1 aromatic heterocycles. The average Bonchev–Trinajstić information content (AvgIpc) is 3.08. The average molecular weight is 266 g/mol. The van der Waals surface area contributed by atoms with Gasteiger partial charge in [0.1, 0.15) is 11.6 Å². The van der Waals surface area contributed by atoms with E-state index >= 15 is 0 Å². The van der Waals surface area contributed by atoms with E-state index in [4.69, 9.17) is 11.6 Å². The Bertz CT molecular complexity index is 563. The molecule has 1 heterocycles. The largest absolute Gasteiger partial charge is 0.341 e. The first-order valence-corrected chi connectivity index (χ1v) is 6.33. The van der Waals surface area contributed by atoms with Crippen molar-refractivity contribution in [1.82, 2.24) is 15.3 Å². The fourth-order valence-corrected chi connectivity index (χ4v) is 1.97. The van der Waals surface area contributed by atoms with Gasteiger partial charge in [0.25, 0.3) is 0 Å². The van der Waals surface area contributed by atoms with Gasteiger partial charge in [0.15, 0.2) is 0 Å². The molecule has 2 N–H and O–H groups in total. The van der Waals surface area contributed by atoms with Crippen LogP contribution in [0.2, 0.25) is 5.02 Å². The molecule has 1 aromatic carbocycles. The van der Waals surface area contributed by atoms with Gasteiger partial charge in [0.05, 0.1) is 23.5 Å². The quantitative estimate of drug-likeness (QED) is 0.892. The Labute approximate surface area is 109 Å². The number of rotatable bonds is 4. The van der Waals surface area contributed by atoms with E-state index in [1.54, 1.807) is 18.3 Å². The van der Waals surface area contributed by atoms with Gasteiger partial charge in [-0.25, -0.2) is 9.37 Å². The van der Waals surface area contributed by atoms with E-state index in [0.29, 0.717) is 6.04 Å². The van der Waals surface area contributed by atoms with Gasteiger partial charge in [-0.15, -0.1) is 0 Å². The first-order valence-electron chi connectivity index (χ1n) is 5.95. The molecule has 0 radical (unpaired) electrons. The second-order valence-electron chi connectivity index (χ2n) is 4.53. The topological polar surface area (TPSA) is 40.7 Å². The number of hydrogen-bond acceptors (Lipinski definition) is 2. The van der Waals surface area contributed by atoms with E-state index in [9.17, 15) is 4.39 Å². The number of nitrogens with zero attached hydrogens (tertiary/aromatic N) is 1. The summed E-state index contributed by atoms with van der Waals surface area (Å²) >= 11 is 5.76. The standard InChI is InChI=1S/C13H13ClFN3/c14-10-5-8(1-4-11(10)15)12-6-17-13(18-12)7-16-9-2-3-9/h1,4-6,9,16H,2-3,7H2,(H,17,18). The molecule has 1 aliphatic carbocycles. The summed E-state index contributed by atoms with van der Waals surface area (Å²) in [6.07, 6.45) is 4.25. The molecule has 94 valence electrons. The Morgan fingerprint density at radius 3 is 3.00 bits per heavy atom. The number of nitrogens with one attached hydrogen (secondary N) is 2. The molecule has 5 heteroatoms. The molecule has 18 heavy (non-hydrogen) atoms. The zero-order valence-corrected chi connectivity index (χ0v) is 10.5. The van der Waals surface area contributed by atoms with Crippen LogP contribution in [0.5, 0.6) is 0 Å². The molecular weight excluding hydrogens is 253 g/mol. The van der Waals surface area contributed by atoms with Gasteiger partial charge in [-0.05, 0) is 31.0 Å². The van der Waals surface area contributed by atoms with Gasteiger partial charge in [0.2, 0.25) is 0 Å². The van der Waals surface area contributed by atoms with E-state index in [0.717, 1.165) is 23.6 Å². The van der Waals surface area contributed by atoms with Crippen LogP contribution < -0.4 is 5.32 Å². The Balaban J connectivity index is 1.76. The summed E-state index contributed by atoms with van der Waals surface area (Å²) in [5.74, 6) is 0.480. The minimum Gasteiger partial charge on any atom is -0.341 e. The van der Waals surface area contributed by atoms with Crippen LogP contribution in [0.4, 0.5) is 4.39 Å². The van der Waals surface area contributed by atoms with Crippen LogP contribution in [0.3, 0.4) is 0 Å². The highest BCUT2D eigenvalue weighted by Crippen LogP contribution is 2.24. The summed E-state index contributed by atoms with van der Waals surface area (Å²) in [6, 6.07) is 5.30. The van der Waals surface area contributed by atoms with Crippen molar-refractivity contribution in [1.29, 1.82) is 0 Å². The van der Waals surface area contributed by atoms with Crippen LogP contribution in [-0.2, 0) is 6.54 Å². The Morgan fingerprint density at radius 1 is 1.44 bits per heavy atom. The number of benzene rings is 1. The van der Waals surface area contributed by atoms with Crippen LogP contribution >= 0.6 is 11.6 Å². The van der Waals surface area contributed by atoms with E-state index in [1.807, 2.05) is 0 Å². The summed E-state index contributed by atoms with van der Waals surface area (Å²) in [5, 5.41) is 3.50. The smallest absolute Gasteiger partial charge is 0.141 e. The summed E-state index contributed by atoms with van der Waals surface area (Å²) in [6.45, 7) is 0.736. The van der Waals surface area contributed by atoms with Crippen molar-refractivity contribution in [2.45, 2.75) is 25.4 Å². The molecule has 0 bridgehead atoms. The molecule has 0 unspecified atom stereocenters. The summed E-state index contributed by atoms with van der Waals surface area (Å²) in [4.78, 5) is 7.49. The normalized spacial score (nSPS) is 15.0. The van der Waals surface area contributed by atoms with Crippen molar-refractivity contribution in [3.05, 3.63) is 41.1 Å². The highest BCUT2D eigenvalue weighted by atomic mass is 35.5. The molecule has 3 nitrogen and oxygen atoms in total. The maximum absolute atomic E-state index is 13.1. The molecule has 2 aromatic rings. The minimum absolute atomic E-state index is 0.125. The second kappa shape index (κ2) is 4.71. The molecule has 0 amide bonds. The van der Waals surface area contributed by atoms with Crippen LogP contribution in [0.15, 0.2) is 24.4 Å². The van der Waals surface area contributed by atoms with Gasteiger partial charge in [0, 0.05) is 11.6 Å². The lowest BCUT2D eigenvalue weighted by atomic mass is 10.2. The van der Waals surface area contributed by atoms with E-state index < -0.39 is 5.82 Å². The second-order valence-corrected chi connectivity index (χ2v) is 4.93. The van der Waals surface area contributed by atoms with Gasteiger partial charge >= 0.3 is 0 Å². The predicted molar refractivity (Wildman–Crippen MR) is 68.9 cm³/mol. The van der Waals surface area contributed by atoms with Gasteiger partial charge < -0.3 is 10.3 Å². The zero-order chi connectivity index (χ0) is 12.5. The number of halogens is 2. The number of H-pyrrole nitrogens is 1. The Morgan fingerprint density at radius 2 is 2.28 bits per heavy atom. The molecule has 0 spiro atoms. The lowest BCUT2D eigenvalue weighted by molar-refractivity contribution is 0.628. The molecule has 0 aliphatic heterocycles. The molecular formula is C13H13ClFN3. The first kappa shape index (κ1) is 11.7. The first-order chi connectivity index (χ1) is 8.72. The monoisotopic (exact) mass is 265 g/mol. The van der Waals surface area contributed by atoms with Gasteiger partial charge in [-0.1, -0.05) is 11.6 Å². The van der Waals surface area contributed by atoms with Crippen LogP contribution in [0.1, 0.15) is 18.7 Å². The van der Waals surface area contributed by atoms with Crippen molar-refractivity contribution < 1.29 is 4.39 Å². The van der Waals surface area contributed by atoms with Crippen molar-refractivity contribution in [2.24, 2.45) is 0 Å². The third kappa shape index (κ3) is 2.54. The maximum Gasteiger partial charge on any atom is 0.141 e. The minimum atomic E-state index is -0.407. The fourth-order valence-electron chi connectivity index (χ4n) is 1.79. The predicted octanol–water partition coefficient (Wildman–Crippen LogP) is 3.12. The zero-order valence-electron chi connectivity index (χ0n) is 9.71. The summed E-state index contributed by atoms with van der Waals surface area (Å²) < 4.78 is 13.1. The highest BCUT2D eigenvalue weighted by molar-refractivity contribution is 6.31. The molecule has 1 fully saturated rings. The van der Waals surface area contributed by atoms with E-state index in [-0.39, 0.29) is 5.02 Å².